The average Bonchev–Trinajstić information content (AvgIpc) is 3.00. The van der Waals surface area contributed by atoms with Gasteiger partial charge in [-0.25, -0.2) is 13.2 Å². The van der Waals surface area contributed by atoms with Gasteiger partial charge in [0.15, 0.2) is 23.4 Å². The molecule has 0 saturated carbocycles. The van der Waals surface area contributed by atoms with Gasteiger partial charge in [0.05, 0.1) is 18.8 Å². The van der Waals surface area contributed by atoms with Gasteiger partial charge in [-0.05, 0) is 36.1 Å². The molecule has 0 spiro atoms. The molecule has 3 N–H and O–H groups in total. The van der Waals surface area contributed by atoms with Crippen LogP contribution in [0.3, 0.4) is 0 Å². The smallest absolute Gasteiger partial charge is 0.243 e. The molecule has 1 heterocycles. The largest absolute Gasteiger partial charge is 0.352 e. The zero-order valence-corrected chi connectivity index (χ0v) is 17.2. The number of carbonyl (C=O) groups is 1. The van der Waals surface area contributed by atoms with Crippen LogP contribution >= 0.6 is 35.3 Å². The lowest BCUT2D eigenvalue weighted by Crippen LogP contribution is -2.41. The Morgan fingerprint density at radius 1 is 1.15 bits per heavy atom. The van der Waals surface area contributed by atoms with Gasteiger partial charge in [0.25, 0.3) is 0 Å². The first-order valence-corrected chi connectivity index (χ1v) is 8.21. The van der Waals surface area contributed by atoms with Gasteiger partial charge in [-0.1, -0.05) is 0 Å². The minimum atomic E-state index is -1.63. The molecule has 0 aliphatic carbocycles. The standard InChI is InChI=1S/C16H17F3N4OS.HI/c1-9-5-6-25-12(9)7-21-16(20-2)22-8-13(24)23-11-4-3-10(17)14(18)15(11)19;/h3-6H,7-8H2,1-2H3,(H,23,24)(H2,20,21,22);1H. The Kier molecular flexibility index (Phi) is 8.85. The van der Waals surface area contributed by atoms with E-state index >= 15 is 0 Å². The van der Waals surface area contributed by atoms with E-state index in [1.54, 1.807) is 18.4 Å². The highest BCUT2D eigenvalue weighted by molar-refractivity contribution is 14.0. The third kappa shape index (κ3) is 5.87. The molecule has 0 bridgehead atoms. The highest BCUT2D eigenvalue weighted by Gasteiger charge is 2.15. The highest BCUT2D eigenvalue weighted by Crippen LogP contribution is 2.19. The van der Waals surface area contributed by atoms with E-state index in [9.17, 15) is 18.0 Å². The van der Waals surface area contributed by atoms with Crippen LogP contribution in [0.5, 0.6) is 0 Å². The Hall–Kier alpha value is -1.82. The molecule has 26 heavy (non-hydrogen) atoms. The summed E-state index contributed by atoms with van der Waals surface area (Å²) in [6.07, 6.45) is 0. The van der Waals surface area contributed by atoms with E-state index in [-0.39, 0.29) is 30.5 Å². The maximum absolute atomic E-state index is 13.5. The Bertz CT molecular complexity index is 798. The molecule has 5 nitrogen and oxygen atoms in total. The maximum atomic E-state index is 13.5. The minimum absolute atomic E-state index is 0. The molecule has 10 heteroatoms. The van der Waals surface area contributed by atoms with Gasteiger partial charge >= 0.3 is 0 Å². The summed E-state index contributed by atoms with van der Waals surface area (Å²) in [4.78, 5) is 16.9. The van der Waals surface area contributed by atoms with Crippen molar-refractivity contribution in [1.82, 2.24) is 10.6 Å². The molecule has 0 atom stereocenters. The van der Waals surface area contributed by atoms with Gasteiger partial charge in [0, 0.05) is 11.9 Å². The van der Waals surface area contributed by atoms with Gasteiger partial charge in [0.1, 0.15) is 0 Å². The van der Waals surface area contributed by atoms with E-state index in [1.165, 1.54) is 0 Å². The molecule has 0 aliphatic rings. The van der Waals surface area contributed by atoms with Crippen LogP contribution in [0.25, 0.3) is 0 Å². The summed E-state index contributed by atoms with van der Waals surface area (Å²) < 4.78 is 39.5. The fourth-order valence-corrected chi connectivity index (χ4v) is 2.80. The lowest BCUT2D eigenvalue weighted by Gasteiger charge is -2.12. The highest BCUT2D eigenvalue weighted by atomic mass is 127. The van der Waals surface area contributed by atoms with Crippen LogP contribution < -0.4 is 16.0 Å². The van der Waals surface area contributed by atoms with Crippen molar-refractivity contribution in [2.24, 2.45) is 4.99 Å². The molecule has 0 saturated heterocycles. The molecule has 2 rings (SSSR count). The van der Waals surface area contributed by atoms with Crippen LogP contribution in [0.2, 0.25) is 0 Å². The molecular weight excluding hydrogens is 480 g/mol. The van der Waals surface area contributed by atoms with Crippen LogP contribution in [-0.4, -0.2) is 25.5 Å². The van der Waals surface area contributed by atoms with Crippen LogP contribution in [-0.2, 0) is 11.3 Å². The van der Waals surface area contributed by atoms with Gasteiger partial charge in [0.2, 0.25) is 5.91 Å². The van der Waals surface area contributed by atoms with E-state index in [4.69, 9.17) is 0 Å². The lowest BCUT2D eigenvalue weighted by molar-refractivity contribution is -0.115. The number of rotatable bonds is 5. The number of nitrogens with one attached hydrogen (secondary N) is 3. The number of aryl methyl sites for hydroxylation is 1. The second-order valence-electron chi connectivity index (χ2n) is 5.08. The summed E-state index contributed by atoms with van der Waals surface area (Å²) in [5.74, 6) is -4.63. The Balaban J connectivity index is 0.00000338. The van der Waals surface area contributed by atoms with Gasteiger partial charge in [-0.3, -0.25) is 9.79 Å². The zero-order valence-electron chi connectivity index (χ0n) is 14.0. The first-order chi connectivity index (χ1) is 11.9. The van der Waals surface area contributed by atoms with E-state index < -0.39 is 29.0 Å². The van der Waals surface area contributed by atoms with E-state index in [0.717, 1.165) is 22.6 Å². The number of hydrogen-bond acceptors (Lipinski definition) is 3. The molecule has 0 fully saturated rings. The van der Waals surface area contributed by atoms with Crippen LogP contribution in [0.1, 0.15) is 10.4 Å². The number of guanidine groups is 1. The average molecular weight is 498 g/mol. The summed E-state index contributed by atoms with van der Waals surface area (Å²) >= 11 is 1.60. The molecule has 1 aromatic heterocycles. The normalized spacial score (nSPS) is 10.9. The minimum Gasteiger partial charge on any atom is -0.352 e. The quantitative estimate of drug-likeness (QED) is 0.256. The maximum Gasteiger partial charge on any atom is 0.243 e. The van der Waals surface area contributed by atoms with E-state index in [0.29, 0.717) is 12.5 Å². The Labute approximate surface area is 170 Å². The van der Waals surface area contributed by atoms with Crippen molar-refractivity contribution in [3.8, 4) is 0 Å². The Morgan fingerprint density at radius 3 is 2.50 bits per heavy atom. The first kappa shape index (κ1) is 22.2. The molecule has 1 amide bonds. The van der Waals surface area contributed by atoms with Crippen molar-refractivity contribution in [2.75, 3.05) is 18.9 Å². The molecule has 1 aromatic carbocycles. The van der Waals surface area contributed by atoms with Crippen molar-refractivity contribution in [3.63, 3.8) is 0 Å². The van der Waals surface area contributed by atoms with E-state index in [2.05, 4.69) is 20.9 Å². The number of halogens is 4. The Morgan fingerprint density at radius 2 is 1.88 bits per heavy atom. The predicted octanol–water partition coefficient (Wildman–Crippen LogP) is 3.40. The van der Waals surface area contributed by atoms with Gasteiger partial charge in [-0.15, -0.1) is 35.3 Å². The number of amides is 1. The van der Waals surface area contributed by atoms with Gasteiger partial charge in [-0.2, -0.15) is 0 Å². The lowest BCUT2D eigenvalue weighted by atomic mass is 10.2. The van der Waals surface area contributed by atoms with E-state index in [1.807, 2.05) is 18.4 Å². The van der Waals surface area contributed by atoms with Crippen LogP contribution in [0, 0.1) is 24.4 Å². The van der Waals surface area contributed by atoms with Crippen LogP contribution in [0.15, 0.2) is 28.6 Å². The molecule has 0 radical (unpaired) electrons. The topological polar surface area (TPSA) is 65.5 Å². The fraction of sp³-hybridized carbons (Fsp3) is 0.250. The summed E-state index contributed by atoms with van der Waals surface area (Å²) in [7, 11) is 1.55. The zero-order chi connectivity index (χ0) is 18.4. The second-order valence-corrected chi connectivity index (χ2v) is 6.08. The number of benzene rings is 1. The number of carbonyl (C=O) groups excluding carboxylic acids is 1. The second kappa shape index (κ2) is 10.4. The van der Waals surface area contributed by atoms with Gasteiger partial charge < -0.3 is 16.0 Å². The fourth-order valence-electron chi connectivity index (χ4n) is 1.95. The molecule has 2 aromatic rings. The number of thiophene rings is 1. The SMILES string of the molecule is CN=C(NCC(=O)Nc1ccc(F)c(F)c1F)NCc1sccc1C.I. The molecular formula is C16H18F3IN4OS. The van der Waals surface area contributed by atoms with Crippen molar-refractivity contribution in [3.05, 3.63) is 51.5 Å². The summed E-state index contributed by atoms with van der Waals surface area (Å²) in [6, 6.07) is 3.70. The molecule has 0 unspecified atom stereocenters. The molecule has 0 aliphatic heterocycles. The van der Waals surface area contributed by atoms with Crippen molar-refractivity contribution in [1.29, 1.82) is 0 Å². The third-order valence-electron chi connectivity index (χ3n) is 3.33. The van der Waals surface area contributed by atoms with Crippen molar-refractivity contribution in [2.45, 2.75) is 13.5 Å². The first-order valence-electron chi connectivity index (χ1n) is 7.33. The predicted molar refractivity (Wildman–Crippen MR) is 108 cm³/mol. The molecule has 142 valence electrons. The third-order valence-corrected chi connectivity index (χ3v) is 4.36. The monoisotopic (exact) mass is 498 g/mol. The number of aliphatic imine (C=N–C) groups is 1. The van der Waals surface area contributed by atoms with Crippen molar-refractivity contribution < 1.29 is 18.0 Å². The number of hydrogen-bond donors (Lipinski definition) is 3. The summed E-state index contributed by atoms with van der Waals surface area (Å²) in [5, 5.41) is 9.95. The summed E-state index contributed by atoms with van der Waals surface area (Å²) in [6.45, 7) is 2.32. The number of anilines is 1. The summed E-state index contributed by atoms with van der Waals surface area (Å²) in [5.41, 5.74) is 0.724. The number of nitrogens with zero attached hydrogens (tertiary/aromatic N) is 1. The van der Waals surface area contributed by atoms with Crippen molar-refractivity contribution >= 4 is 52.9 Å². The van der Waals surface area contributed by atoms with Crippen LogP contribution in [0.4, 0.5) is 18.9 Å².